The van der Waals surface area contributed by atoms with Crippen LogP contribution in [0.2, 0.25) is 5.02 Å². The van der Waals surface area contributed by atoms with E-state index in [1.165, 1.54) is 12.1 Å². The van der Waals surface area contributed by atoms with Gasteiger partial charge >= 0.3 is 0 Å². The third-order valence-corrected chi connectivity index (χ3v) is 4.33. The zero-order valence-electron chi connectivity index (χ0n) is 12.7. The number of nitrogens with zero attached hydrogens (tertiary/aromatic N) is 3. The van der Waals surface area contributed by atoms with Gasteiger partial charge in [0.05, 0.1) is 16.6 Å². The van der Waals surface area contributed by atoms with Gasteiger partial charge in [0, 0.05) is 38.0 Å². The summed E-state index contributed by atoms with van der Waals surface area (Å²) in [6, 6.07) is 5.03. The monoisotopic (exact) mass is 350 g/mol. The quantitative estimate of drug-likeness (QED) is 0.873. The summed E-state index contributed by atoms with van der Waals surface area (Å²) in [6.45, 7) is 0.876. The minimum atomic E-state index is -0.533. The number of hydrogen-bond donors (Lipinski definition) is 2. The molecule has 2 N–H and O–H groups in total. The summed E-state index contributed by atoms with van der Waals surface area (Å²) in [5.41, 5.74) is 0.0720. The summed E-state index contributed by atoms with van der Waals surface area (Å²) in [5.74, 6) is -0.644. The number of nitrogens with one attached hydrogen (secondary N) is 1. The van der Waals surface area contributed by atoms with Crippen LogP contribution in [-0.2, 0) is 0 Å². The molecule has 1 aromatic heterocycles. The van der Waals surface area contributed by atoms with E-state index in [1.54, 1.807) is 18.5 Å². The van der Waals surface area contributed by atoms with Crippen LogP contribution < -0.4 is 10.2 Å². The fraction of sp³-hybridized carbons (Fsp3) is 0.312. The number of aliphatic hydroxyl groups excluding tert-OH is 1. The number of carbonyl (C=O) groups excluding carboxylic acids is 1. The average molecular weight is 351 g/mol. The van der Waals surface area contributed by atoms with Gasteiger partial charge in [0.15, 0.2) is 0 Å². The lowest BCUT2D eigenvalue weighted by molar-refractivity contribution is 0.0921. The SMILES string of the molecule is O=C(N[C@@H]1CN(c2ncccn2)C[C@H]1CO)c1cc(F)ccc1Cl. The first-order valence-corrected chi connectivity index (χ1v) is 7.85. The highest BCUT2D eigenvalue weighted by molar-refractivity contribution is 6.33. The molecule has 0 bridgehead atoms. The second-order valence-corrected chi connectivity index (χ2v) is 6.01. The fourth-order valence-corrected chi connectivity index (χ4v) is 2.96. The van der Waals surface area contributed by atoms with Crippen LogP contribution in [0, 0.1) is 11.7 Å². The normalized spacial score (nSPS) is 20.2. The molecule has 8 heteroatoms. The van der Waals surface area contributed by atoms with Crippen LogP contribution in [0.5, 0.6) is 0 Å². The number of amides is 1. The number of carbonyl (C=O) groups is 1. The van der Waals surface area contributed by atoms with E-state index in [1.807, 2.05) is 4.90 Å². The summed E-state index contributed by atoms with van der Waals surface area (Å²) in [5, 5.41) is 12.6. The molecule has 0 saturated carbocycles. The number of anilines is 1. The number of hydrogen-bond acceptors (Lipinski definition) is 5. The molecular formula is C16H16ClFN4O2. The van der Waals surface area contributed by atoms with Gasteiger partial charge in [0.2, 0.25) is 5.95 Å². The van der Waals surface area contributed by atoms with Gasteiger partial charge in [-0.05, 0) is 24.3 Å². The Balaban J connectivity index is 1.74. The van der Waals surface area contributed by atoms with Crippen molar-refractivity contribution in [3.8, 4) is 0 Å². The second kappa shape index (κ2) is 7.11. The first-order chi connectivity index (χ1) is 11.6. The van der Waals surface area contributed by atoms with E-state index < -0.39 is 11.7 Å². The molecule has 0 spiro atoms. The fourth-order valence-electron chi connectivity index (χ4n) is 2.76. The number of halogens is 2. The van der Waals surface area contributed by atoms with Gasteiger partial charge in [0.25, 0.3) is 5.91 Å². The van der Waals surface area contributed by atoms with Crippen molar-refractivity contribution in [3.05, 3.63) is 53.1 Å². The molecule has 6 nitrogen and oxygen atoms in total. The van der Waals surface area contributed by atoms with Gasteiger partial charge in [0.1, 0.15) is 5.82 Å². The largest absolute Gasteiger partial charge is 0.396 e. The van der Waals surface area contributed by atoms with Crippen LogP contribution in [-0.4, -0.2) is 46.7 Å². The Bertz CT molecular complexity index is 731. The van der Waals surface area contributed by atoms with Gasteiger partial charge in [-0.3, -0.25) is 4.79 Å². The highest BCUT2D eigenvalue weighted by Crippen LogP contribution is 2.22. The molecule has 0 radical (unpaired) electrons. The predicted molar refractivity (Wildman–Crippen MR) is 87.5 cm³/mol. The molecule has 1 saturated heterocycles. The Morgan fingerprint density at radius 1 is 1.38 bits per heavy atom. The lowest BCUT2D eigenvalue weighted by Gasteiger charge is -2.18. The molecule has 1 fully saturated rings. The highest BCUT2D eigenvalue weighted by Gasteiger charge is 2.35. The molecule has 3 rings (SSSR count). The lowest BCUT2D eigenvalue weighted by Crippen LogP contribution is -2.41. The summed E-state index contributed by atoms with van der Waals surface area (Å²) in [4.78, 5) is 22.6. The highest BCUT2D eigenvalue weighted by atomic mass is 35.5. The first-order valence-electron chi connectivity index (χ1n) is 7.47. The van der Waals surface area contributed by atoms with Crippen molar-refractivity contribution in [2.45, 2.75) is 6.04 Å². The topological polar surface area (TPSA) is 78.4 Å². The molecule has 126 valence electrons. The van der Waals surface area contributed by atoms with Gasteiger partial charge in [-0.25, -0.2) is 14.4 Å². The zero-order valence-corrected chi connectivity index (χ0v) is 13.4. The van der Waals surface area contributed by atoms with Crippen molar-refractivity contribution in [2.24, 2.45) is 5.92 Å². The third-order valence-electron chi connectivity index (χ3n) is 4.00. The Labute approximate surface area is 143 Å². The van der Waals surface area contributed by atoms with Crippen LogP contribution in [0.4, 0.5) is 10.3 Å². The molecule has 1 aliphatic heterocycles. The van der Waals surface area contributed by atoms with Gasteiger partial charge < -0.3 is 15.3 Å². The Morgan fingerprint density at radius 2 is 2.12 bits per heavy atom. The number of benzene rings is 1. The van der Waals surface area contributed by atoms with E-state index in [2.05, 4.69) is 15.3 Å². The molecule has 0 aliphatic carbocycles. The molecule has 24 heavy (non-hydrogen) atoms. The average Bonchev–Trinajstić information content (AvgIpc) is 3.00. The van der Waals surface area contributed by atoms with E-state index in [-0.39, 0.29) is 29.2 Å². The molecule has 0 unspecified atom stereocenters. The maximum atomic E-state index is 13.3. The van der Waals surface area contributed by atoms with E-state index >= 15 is 0 Å². The summed E-state index contributed by atoms with van der Waals surface area (Å²) >= 11 is 5.96. The molecule has 2 aromatic rings. The predicted octanol–water partition coefficient (Wildman–Crippen LogP) is 1.50. The van der Waals surface area contributed by atoms with Crippen LogP contribution >= 0.6 is 11.6 Å². The molecule has 1 aromatic carbocycles. The van der Waals surface area contributed by atoms with Gasteiger partial charge in [-0.15, -0.1) is 0 Å². The minimum Gasteiger partial charge on any atom is -0.396 e. The molecular weight excluding hydrogens is 335 g/mol. The van der Waals surface area contributed by atoms with Crippen molar-refractivity contribution >= 4 is 23.5 Å². The standard InChI is InChI=1S/C16H16ClFN4O2/c17-13-3-2-11(18)6-12(13)15(24)21-14-8-22(7-10(14)9-23)16-19-4-1-5-20-16/h1-6,10,14,23H,7-9H2,(H,21,24)/t10-,14+/m0/s1. The van der Waals surface area contributed by atoms with Crippen molar-refractivity contribution in [1.29, 1.82) is 0 Å². The van der Waals surface area contributed by atoms with Crippen LogP contribution in [0.3, 0.4) is 0 Å². The molecule has 1 aliphatic rings. The summed E-state index contributed by atoms with van der Waals surface area (Å²) in [6.07, 6.45) is 3.27. The van der Waals surface area contributed by atoms with E-state index in [9.17, 15) is 14.3 Å². The smallest absolute Gasteiger partial charge is 0.253 e. The Morgan fingerprint density at radius 3 is 2.83 bits per heavy atom. The summed E-state index contributed by atoms with van der Waals surface area (Å²) < 4.78 is 13.3. The van der Waals surface area contributed by atoms with Gasteiger partial charge in [-0.2, -0.15) is 0 Å². The minimum absolute atomic E-state index is 0.0720. The maximum Gasteiger partial charge on any atom is 0.253 e. The maximum absolute atomic E-state index is 13.3. The van der Waals surface area contributed by atoms with E-state index in [0.29, 0.717) is 19.0 Å². The summed E-state index contributed by atoms with van der Waals surface area (Å²) in [7, 11) is 0. The van der Waals surface area contributed by atoms with Crippen molar-refractivity contribution in [3.63, 3.8) is 0 Å². The molecule has 2 atom stereocenters. The first kappa shape index (κ1) is 16.6. The van der Waals surface area contributed by atoms with Gasteiger partial charge in [-0.1, -0.05) is 11.6 Å². The zero-order chi connectivity index (χ0) is 17.1. The van der Waals surface area contributed by atoms with Crippen LogP contribution in [0.25, 0.3) is 0 Å². The Hall–Kier alpha value is -2.25. The molecule has 2 heterocycles. The number of rotatable bonds is 4. The Kier molecular flexibility index (Phi) is 4.92. The lowest BCUT2D eigenvalue weighted by atomic mass is 10.0. The van der Waals surface area contributed by atoms with E-state index in [4.69, 9.17) is 11.6 Å². The van der Waals surface area contributed by atoms with Crippen LogP contribution in [0.1, 0.15) is 10.4 Å². The van der Waals surface area contributed by atoms with Crippen molar-refractivity contribution in [1.82, 2.24) is 15.3 Å². The van der Waals surface area contributed by atoms with Crippen LogP contribution in [0.15, 0.2) is 36.7 Å². The third kappa shape index (κ3) is 3.47. The van der Waals surface area contributed by atoms with Crippen molar-refractivity contribution < 1.29 is 14.3 Å². The number of aliphatic hydroxyl groups is 1. The molecule has 1 amide bonds. The van der Waals surface area contributed by atoms with Crippen molar-refractivity contribution in [2.75, 3.05) is 24.6 Å². The number of aromatic nitrogens is 2. The van der Waals surface area contributed by atoms with E-state index in [0.717, 1.165) is 6.07 Å². The second-order valence-electron chi connectivity index (χ2n) is 5.60.